The van der Waals surface area contributed by atoms with Crippen molar-refractivity contribution < 1.29 is 4.39 Å². The fourth-order valence-corrected chi connectivity index (χ4v) is 3.51. The van der Waals surface area contributed by atoms with Gasteiger partial charge in [-0.25, -0.2) is 4.39 Å². The first-order chi connectivity index (χ1) is 9.20. The average molecular weight is 298 g/mol. The summed E-state index contributed by atoms with van der Waals surface area (Å²) < 4.78 is 13.1. The Morgan fingerprint density at radius 2 is 1.90 bits per heavy atom. The van der Waals surface area contributed by atoms with Crippen molar-refractivity contribution in [3.8, 4) is 0 Å². The molecule has 0 aromatic heterocycles. The van der Waals surface area contributed by atoms with E-state index in [1.165, 1.54) is 25.0 Å². The molecule has 0 heterocycles. The summed E-state index contributed by atoms with van der Waals surface area (Å²) in [5, 5.41) is 0.493. The Labute approximate surface area is 126 Å². The van der Waals surface area contributed by atoms with E-state index in [1.807, 2.05) is 0 Å². The minimum absolute atomic E-state index is 0.191. The molecule has 112 valence electrons. The Bertz CT molecular complexity index is 470. The zero-order valence-corrected chi connectivity index (χ0v) is 13.4. The predicted octanol–water partition coefficient (Wildman–Crippen LogP) is 4.96. The van der Waals surface area contributed by atoms with Gasteiger partial charge in [0.15, 0.2) is 0 Å². The van der Waals surface area contributed by atoms with Crippen LogP contribution in [0.3, 0.4) is 0 Å². The first-order valence-electron chi connectivity index (χ1n) is 7.42. The molecule has 20 heavy (non-hydrogen) atoms. The summed E-state index contributed by atoms with van der Waals surface area (Å²) in [7, 11) is 0. The zero-order valence-electron chi connectivity index (χ0n) is 12.7. The van der Waals surface area contributed by atoms with Crippen LogP contribution in [0.2, 0.25) is 5.02 Å². The van der Waals surface area contributed by atoms with Gasteiger partial charge in [0.2, 0.25) is 0 Å². The lowest BCUT2D eigenvalue weighted by Gasteiger charge is -2.42. The van der Waals surface area contributed by atoms with E-state index in [2.05, 4.69) is 20.8 Å². The van der Waals surface area contributed by atoms with Gasteiger partial charge in [-0.1, -0.05) is 38.4 Å². The van der Waals surface area contributed by atoms with Crippen LogP contribution in [0.1, 0.15) is 52.0 Å². The molecule has 0 aliphatic heterocycles. The normalized spacial score (nSPS) is 27.6. The molecular formula is C17H25ClFN. The minimum Gasteiger partial charge on any atom is -0.325 e. The molecule has 1 nitrogen and oxygen atoms in total. The lowest BCUT2D eigenvalue weighted by atomic mass is 9.66. The molecule has 1 aliphatic rings. The van der Waals surface area contributed by atoms with Crippen LogP contribution in [0.25, 0.3) is 0 Å². The molecule has 0 spiro atoms. The number of benzene rings is 1. The van der Waals surface area contributed by atoms with E-state index in [4.69, 9.17) is 17.3 Å². The van der Waals surface area contributed by atoms with Gasteiger partial charge in [-0.3, -0.25) is 0 Å². The Morgan fingerprint density at radius 1 is 1.30 bits per heavy atom. The Kier molecular flexibility index (Phi) is 4.46. The van der Waals surface area contributed by atoms with Gasteiger partial charge in [0.25, 0.3) is 0 Å². The van der Waals surface area contributed by atoms with Crippen molar-refractivity contribution in [3.63, 3.8) is 0 Å². The van der Waals surface area contributed by atoms with Crippen molar-refractivity contribution in [1.29, 1.82) is 0 Å². The molecule has 0 atom stereocenters. The standard InChI is InChI=1S/C17H25ClFN/c1-16(2,3)13-6-8-17(20,9-7-13)11-12-4-5-14(19)10-15(12)18/h4-5,10,13H,6-9,11,20H2,1-3H3. The summed E-state index contributed by atoms with van der Waals surface area (Å²) in [6.07, 6.45) is 5.10. The van der Waals surface area contributed by atoms with Crippen LogP contribution in [-0.4, -0.2) is 5.54 Å². The quantitative estimate of drug-likeness (QED) is 0.820. The molecule has 0 amide bonds. The maximum Gasteiger partial charge on any atom is 0.124 e. The molecule has 1 fully saturated rings. The fourth-order valence-electron chi connectivity index (χ4n) is 3.28. The highest BCUT2D eigenvalue weighted by atomic mass is 35.5. The highest BCUT2D eigenvalue weighted by Gasteiger charge is 2.36. The van der Waals surface area contributed by atoms with Crippen LogP contribution < -0.4 is 5.73 Å². The van der Waals surface area contributed by atoms with Crippen molar-refractivity contribution >= 4 is 11.6 Å². The SMILES string of the molecule is CC(C)(C)C1CCC(N)(Cc2ccc(F)cc2Cl)CC1. The number of rotatable bonds is 2. The molecular weight excluding hydrogens is 273 g/mol. The second-order valence-electron chi connectivity index (χ2n) is 7.42. The third-order valence-corrected chi connectivity index (χ3v) is 5.12. The molecule has 1 aliphatic carbocycles. The topological polar surface area (TPSA) is 26.0 Å². The van der Waals surface area contributed by atoms with Crippen molar-refractivity contribution in [3.05, 3.63) is 34.6 Å². The molecule has 1 aromatic carbocycles. The first-order valence-corrected chi connectivity index (χ1v) is 7.80. The summed E-state index contributed by atoms with van der Waals surface area (Å²) in [5.41, 5.74) is 7.68. The van der Waals surface area contributed by atoms with Crippen LogP contribution in [0.5, 0.6) is 0 Å². The molecule has 1 saturated carbocycles. The summed E-state index contributed by atoms with van der Waals surface area (Å²) in [4.78, 5) is 0. The average Bonchev–Trinajstić information content (AvgIpc) is 2.32. The molecule has 0 bridgehead atoms. The minimum atomic E-state index is -0.290. The molecule has 0 unspecified atom stereocenters. The van der Waals surface area contributed by atoms with Gasteiger partial charge < -0.3 is 5.73 Å². The Hall–Kier alpha value is -0.600. The number of halogens is 2. The van der Waals surface area contributed by atoms with Crippen molar-refractivity contribution in [2.75, 3.05) is 0 Å². The fraction of sp³-hybridized carbons (Fsp3) is 0.647. The van der Waals surface area contributed by atoms with Crippen molar-refractivity contribution in [1.82, 2.24) is 0 Å². The van der Waals surface area contributed by atoms with E-state index >= 15 is 0 Å². The number of nitrogens with two attached hydrogens (primary N) is 1. The van der Waals surface area contributed by atoms with E-state index in [0.717, 1.165) is 30.7 Å². The zero-order chi connectivity index (χ0) is 15.0. The van der Waals surface area contributed by atoms with Crippen LogP contribution in [-0.2, 0) is 6.42 Å². The van der Waals surface area contributed by atoms with Crippen molar-refractivity contribution in [2.24, 2.45) is 17.1 Å². The smallest absolute Gasteiger partial charge is 0.124 e. The van der Waals surface area contributed by atoms with E-state index in [0.29, 0.717) is 10.4 Å². The lowest BCUT2D eigenvalue weighted by molar-refractivity contribution is 0.134. The van der Waals surface area contributed by atoms with E-state index in [1.54, 1.807) is 6.07 Å². The van der Waals surface area contributed by atoms with Crippen LogP contribution in [0.15, 0.2) is 18.2 Å². The lowest BCUT2D eigenvalue weighted by Crippen LogP contribution is -2.46. The Morgan fingerprint density at radius 3 is 2.40 bits per heavy atom. The highest BCUT2D eigenvalue weighted by molar-refractivity contribution is 6.31. The van der Waals surface area contributed by atoms with Gasteiger partial charge >= 0.3 is 0 Å². The first kappa shape index (κ1) is 15.8. The summed E-state index contributed by atoms with van der Waals surface area (Å²) >= 11 is 6.12. The van der Waals surface area contributed by atoms with Gasteiger partial charge in [-0.15, -0.1) is 0 Å². The van der Waals surface area contributed by atoms with E-state index in [9.17, 15) is 4.39 Å². The van der Waals surface area contributed by atoms with Gasteiger partial charge in [0.05, 0.1) is 0 Å². The monoisotopic (exact) mass is 297 g/mol. The molecule has 0 radical (unpaired) electrons. The van der Waals surface area contributed by atoms with Crippen LogP contribution >= 0.6 is 11.6 Å². The molecule has 0 saturated heterocycles. The summed E-state index contributed by atoms with van der Waals surface area (Å²) in [6, 6.07) is 4.61. The second kappa shape index (κ2) is 5.65. The van der Waals surface area contributed by atoms with Gasteiger partial charge in [0, 0.05) is 10.6 Å². The molecule has 2 N–H and O–H groups in total. The number of hydrogen-bond donors (Lipinski definition) is 1. The maximum atomic E-state index is 13.1. The molecule has 3 heteroatoms. The van der Waals surface area contributed by atoms with Crippen molar-refractivity contribution in [2.45, 2.75) is 58.4 Å². The van der Waals surface area contributed by atoms with Gasteiger partial charge in [-0.2, -0.15) is 0 Å². The summed E-state index contributed by atoms with van der Waals surface area (Å²) in [6.45, 7) is 6.91. The van der Waals surface area contributed by atoms with E-state index < -0.39 is 0 Å². The van der Waals surface area contributed by atoms with Gasteiger partial charge in [0.1, 0.15) is 5.82 Å². The molecule has 1 aromatic rings. The molecule has 2 rings (SSSR count). The Balaban J connectivity index is 2.03. The third kappa shape index (κ3) is 3.73. The highest BCUT2D eigenvalue weighted by Crippen LogP contribution is 2.42. The second-order valence-corrected chi connectivity index (χ2v) is 7.82. The third-order valence-electron chi connectivity index (χ3n) is 4.76. The van der Waals surface area contributed by atoms with Crippen LogP contribution in [0, 0.1) is 17.2 Å². The largest absolute Gasteiger partial charge is 0.325 e. The van der Waals surface area contributed by atoms with E-state index in [-0.39, 0.29) is 11.4 Å². The summed E-state index contributed by atoms with van der Waals surface area (Å²) in [5.74, 6) is 0.448. The number of hydrogen-bond acceptors (Lipinski definition) is 1. The predicted molar refractivity (Wildman–Crippen MR) is 83.4 cm³/mol. The maximum absolute atomic E-state index is 13.1. The van der Waals surface area contributed by atoms with Crippen LogP contribution in [0.4, 0.5) is 4.39 Å². The van der Waals surface area contributed by atoms with Gasteiger partial charge in [-0.05, 0) is 61.1 Å².